The molecule has 0 N–H and O–H groups in total. The van der Waals surface area contributed by atoms with Crippen molar-refractivity contribution >= 4 is 17.3 Å². The molecule has 112 valence electrons. The fourth-order valence-corrected chi connectivity index (χ4v) is 3.08. The van der Waals surface area contributed by atoms with Crippen LogP contribution in [-0.2, 0) is 4.79 Å². The molecule has 0 aliphatic carbocycles. The molecule has 0 bridgehead atoms. The summed E-state index contributed by atoms with van der Waals surface area (Å²) in [6, 6.07) is 18.8. The van der Waals surface area contributed by atoms with Gasteiger partial charge in [0.2, 0.25) is 5.06 Å². The maximum atomic E-state index is 11.3. The molecule has 0 spiro atoms. The second-order valence-electron chi connectivity index (χ2n) is 4.80. The maximum absolute atomic E-state index is 11.3. The minimum atomic E-state index is -0.378. The first-order chi connectivity index (χ1) is 11.2. The number of benzene rings is 2. The Morgan fingerprint density at radius 2 is 1.78 bits per heavy atom. The molecule has 2 aromatic carbocycles. The molecule has 3 rings (SSSR count). The number of hydrogen-bond acceptors (Lipinski definition) is 5. The van der Waals surface area contributed by atoms with Crippen LogP contribution >= 0.6 is 11.3 Å². The summed E-state index contributed by atoms with van der Waals surface area (Å²) < 4.78 is 5.31. The van der Waals surface area contributed by atoms with E-state index in [-0.39, 0.29) is 5.97 Å². The first-order valence-electron chi connectivity index (χ1n) is 6.92. The van der Waals surface area contributed by atoms with Gasteiger partial charge >= 0.3 is 5.97 Å². The van der Waals surface area contributed by atoms with Crippen molar-refractivity contribution < 1.29 is 9.53 Å². The van der Waals surface area contributed by atoms with Crippen LogP contribution in [0.3, 0.4) is 0 Å². The standard InChI is InChI=1S/C18H12N2O2S/c1-12(21)22-18-16(14-5-3-2-4-6-14)20-17(23-18)15-9-7-13(11-19)8-10-15/h2-10H,1H3. The van der Waals surface area contributed by atoms with E-state index in [4.69, 9.17) is 10.00 Å². The van der Waals surface area contributed by atoms with E-state index in [1.54, 1.807) is 12.1 Å². The predicted octanol–water partition coefficient (Wildman–Crippen LogP) is 4.27. The summed E-state index contributed by atoms with van der Waals surface area (Å²) in [5.74, 6) is -0.378. The van der Waals surface area contributed by atoms with Crippen molar-refractivity contribution in [2.24, 2.45) is 0 Å². The molecule has 5 heteroatoms. The molecule has 1 aromatic heterocycles. The Kier molecular flexibility index (Phi) is 4.18. The van der Waals surface area contributed by atoms with Gasteiger partial charge in [-0.15, -0.1) is 0 Å². The van der Waals surface area contributed by atoms with Crippen molar-refractivity contribution in [1.29, 1.82) is 5.26 Å². The molecule has 23 heavy (non-hydrogen) atoms. The van der Waals surface area contributed by atoms with Crippen LogP contribution in [0.5, 0.6) is 5.06 Å². The van der Waals surface area contributed by atoms with E-state index in [1.807, 2.05) is 42.5 Å². The number of aromatic nitrogens is 1. The number of rotatable bonds is 3. The molecule has 0 saturated carbocycles. The monoisotopic (exact) mass is 320 g/mol. The summed E-state index contributed by atoms with van der Waals surface area (Å²) in [6.07, 6.45) is 0. The molecular weight excluding hydrogens is 308 g/mol. The predicted molar refractivity (Wildman–Crippen MR) is 89.0 cm³/mol. The van der Waals surface area contributed by atoms with Crippen LogP contribution in [0.1, 0.15) is 12.5 Å². The number of nitriles is 1. The average Bonchev–Trinajstić information content (AvgIpc) is 2.99. The van der Waals surface area contributed by atoms with Crippen molar-refractivity contribution in [2.45, 2.75) is 6.92 Å². The van der Waals surface area contributed by atoms with Crippen LogP contribution in [0.15, 0.2) is 54.6 Å². The SMILES string of the molecule is CC(=O)Oc1sc(-c2ccc(C#N)cc2)nc1-c1ccccc1. The van der Waals surface area contributed by atoms with E-state index in [0.717, 1.165) is 16.1 Å². The summed E-state index contributed by atoms with van der Waals surface area (Å²) in [6.45, 7) is 1.37. The van der Waals surface area contributed by atoms with Gasteiger partial charge in [0.25, 0.3) is 0 Å². The molecular formula is C18H12N2O2S. The fourth-order valence-electron chi connectivity index (χ4n) is 2.10. The van der Waals surface area contributed by atoms with Crippen molar-refractivity contribution in [1.82, 2.24) is 4.98 Å². The van der Waals surface area contributed by atoms with E-state index >= 15 is 0 Å². The van der Waals surface area contributed by atoms with Crippen LogP contribution in [0.2, 0.25) is 0 Å². The van der Waals surface area contributed by atoms with Gasteiger partial charge in [-0.3, -0.25) is 4.79 Å². The van der Waals surface area contributed by atoms with Crippen molar-refractivity contribution in [2.75, 3.05) is 0 Å². The van der Waals surface area contributed by atoms with Crippen LogP contribution in [0, 0.1) is 11.3 Å². The maximum Gasteiger partial charge on any atom is 0.308 e. The smallest absolute Gasteiger partial charge is 0.308 e. The minimum Gasteiger partial charge on any atom is -0.413 e. The van der Waals surface area contributed by atoms with Gasteiger partial charge in [0.15, 0.2) is 0 Å². The van der Waals surface area contributed by atoms with Gasteiger partial charge in [-0.1, -0.05) is 53.8 Å². The second kappa shape index (κ2) is 6.42. The largest absolute Gasteiger partial charge is 0.413 e. The summed E-state index contributed by atoms with van der Waals surface area (Å²) >= 11 is 1.31. The third kappa shape index (κ3) is 3.28. The van der Waals surface area contributed by atoms with Gasteiger partial charge in [0.1, 0.15) is 10.7 Å². The summed E-state index contributed by atoms with van der Waals surface area (Å²) in [5, 5.41) is 10.1. The molecule has 0 radical (unpaired) electrons. The molecule has 0 aliphatic rings. The Hall–Kier alpha value is -2.97. The first-order valence-corrected chi connectivity index (χ1v) is 7.74. The molecule has 0 fully saturated rings. The Balaban J connectivity index is 2.07. The molecule has 0 saturated heterocycles. The Labute approximate surface area is 137 Å². The van der Waals surface area contributed by atoms with Crippen molar-refractivity contribution in [3.8, 4) is 33.0 Å². The highest BCUT2D eigenvalue weighted by Gasteiger charge is 2.17. The average molecular weight is 320 g/mol. The Bertz CT molecular complexity index is 878. The highest BCUT2D eigenvalue weighted by molar-refractivity contribution is 7.17. The second-order valence-corrected chi connectivity index (χ2v) is 5.77. The lowest BCUT2D eigenvalue weighted by Gasteiger charge is -2.00. The first kappa shape index (κ1) is 14.9. The van der Waals surface area contributed by atoms with Gasteiger partial charge in [0.05, 0.1) is 11.6 Å². The number of nitrogens with zero attached hydrogens (tertiary/aromatic N) is 2. The van der Waals surface area contributed by atoms with Crippen molar-refractivity contribution in [3.63, 3.8) is 0 Å². The van der Waals surface area contributed by atoms with Crippen molar-refractivity contribution in [3.05, 3.63) is 60.2 Å². The van der Waals surface area contributed by atoms with Gasteiger partial charge < -0.3 is 4.74 Å². The number of hydrogen-bond donors (Lipinski definition) is 0. The minimum absolute atomic E-state index is 0.378. The van der Waals surface area contributed by atoms with E-state index in [0.29, 0.717) is 16.3 Å². The topological polar surface area (TPSA) is 63.0 Å². The third-order valence-corrected chi connectivity index (χ3v) is 4.12. The van der Waals surface area contributed by atoms with Gasteiger partial charge in [-0.25, -0.2) is 4.98 Å². The van der Waals surface area contributed by atoms with Gasteiger partial charge in [-0.2, -0.15) is 5.26 Å². The number of esters is 1. The molecule has 4 nitrogen and oxygen atoms in total. The lowest BCUT2D eigenvalue weighted by molar-refractivity contribution is -0.131. The van der Waals surface area contributed by atoms with Crippen LogP contribution in [-0.4, -0.2) is 11.0 Å². The van der Waals surface area contributed by atoms with Crippen LogP contribution in [0.25, 0.3) is 21.8 Å². The Morgan fingerprint density at radius 1 is 1.09 bits per heavy atom. The summed E-state index contributed by atoms with van der Waals surface area (Å²) in [7, 11) is 0. The zero-order valence-electron chi connectivity index (χ0n) is 12.3. The number of thiazole rings is 1. The Morgan fingerprint density at radius 3 is 2.39 bits per heavy atom. The third-order valence-electron chi connectivity index (χ3n) is 3.14. The van der Waals surface area contributed by atoms with Crippen LogP contribution < -0.4 is 4.74 Å². The number of ether oxygens (including phenoxy) is 1. The molecule has 0 atom stereocenters. The van der Waals surface area contributed by atoms with E-state index in [2.05, 4.69) is 11.1 Å². The number of carbonyl (C=O) groups excluding carboxylic acids is 1. The summed E-state index contributed by atoms with van der Waals surface area (Å²) in [4.78, 5) is 16.0. The zero-order chi connectivity index (χ0) is 16.2. The lowest BCUT2D eigenvalue weighted by atomic mass is 10.1. The highest BCUT2D eigenvalue weighted by Crippen LogP contribution is 2.39. The van der Waals surface area contributed by atoms with Gasteiger partial charge in [0, 0.05) is 18.1 Å². The highest BCUT2D eigenvalue weighted by atomic mass is 32.1. The molecule has 0 unspecified atom stereocenters. The van der Waals surface area contributed by atoms with E-state index in [9.17, 15) is 4.79 Å². The zero-order valence-corrected chi connectivity index (χ0v) is 13.1. The molecule has 3 aromatic rings. The van der Waals surface area contributed by atoms with E-state index < -0.39 is 0 Å². The molecule has 0 amide bonds. The normalized spacial score (nSPS) is 10.1. The summed E-state index contributed by atoms with van der Waals surface area (Å²) in [5.41, 5.74) is 3.00. The fraction of sp³-hybridized carbons (Fsp3) is 0.0556. The van der Waals surface area contributed by atoms with Gasteiger partial charge in [-0.05, 0) is 12.1 Å². The molecule has 1 heterocycles. The lowest BCUT2D eigenvalue weighted by Crippen LogP contribution is -2.00. The van der Waals surface area contributed by atoms with Crippen LogP contribution in [0.4, 0.5) is 0 Å². The van der Waals surface area contributed by atoms with E-state index in [1.165, 1.54) is 18.3 Å². The number of carbonyl (C=O) groups is 1. The molecule has 0 aliphatic heterocycles. The quantitative estimate of drug-likeness (QED) is 0.676.